The zero-order valence-electron chi connectivity index (χ0n) is 8.85. The lowest BCUT2D eigenvalue weighted by molar-refractivity contribution is 0.0598. The summed E-state index contributed by atoms with van der Waals surface area (Å²) in [6.07, 6.45) is 0. The Bertz CT molecular complexity index is 227. The summed E-state index contributed by atoms with van der Waals surface area (Å²) in [5.74, 6) is 1.68. The normalized spacial score (nSPS) is 11.9. The minimum atomic E-state index is -3.90. The summed E-state index contributed by atoms with van der Waals surface area (Å²) < 4.78 is 39.1. The maximum atomic E-state index is 10.3. The number of rotatable bonds is 10. The fraction of sp³-hybridized carbons (Fsp3) is 1.00. The molecule has 0 saturated carbocycles. The van der Waals surface area contributed by atoms with Crippen LogP contribution in [-0.4, -0.2) is 56.7 Å². The van der Waals surface area contributed by atoms with Gasteiger partial charge in [-0.25, -0.2) is 0 Å². The quantitative estimate of drug-likeness (QED) is 0.458. The first kappa shape index (κ1) is 15.2. The fourth-order valence-corrected chi connectivity index (χ4v) is 1.60. The first-order valence-electron chi connectivity index (χ1n) is 4.74. The molecule has 5 nitrogen and oxygen atoms in total. The van der Waals surface area contributed by atoms with Gasteiger partial charge in [0.05, 0.1) is 32.2 Å². The number of hydrogen-bond donors (Lipinski definition) is 1. The molecule has 15 heavy (non-hydrogen) atoms. The van der Waals surface area contributed by atoms with Crippen LogP contribution in [-0.2, 0) is 19.6 Å². The van der Waals surface area contributed by atoms with E-state index in [4.69, 9.17) is 14.0 Å². The summed E-state index contributed by atoms with van der Waals surface area (Å²) in [4.78, 5) is 0. The van der Waals surface area contributed by atoms with E-state index in [9.17, 15) is 8.42 Å². The van der Waals surface area contributed by atoms with Crippen molar-refractivity contribution in [2.24, 2.45) is 0 Å². The summed E-state index contributed by atoms with van der Waals surface area (Å²) in [5.41, 5.74) is 0. The third kappa shape index (κ3) is 14.2. The van der Waals surface area contributed by atoms with Crippen molar-refractivity contribution in [2.45, 2.75) is 6.92 Å². The van der Waals surface area contributed by atoms with Crippen LogP contribution in [0.4, 0.5) is 0 Å². The molecule has 0 aliphatic carbocycles. The third-order valence-corrected chi connectivity index (χ3v) is 2.98. The molecule has 0 spiro atoms. The van der Waals surface area contributed by atoms with Gasteiger partial charge in [0.2, 0.25) is 0 Å². The predicted octanol–water partition coefficient (Wildman–Crippen LogP) is 0.661. The second-order valence-corrected chi connectivity index (χ2v) is 5.67. The minimum Gasteiger partial charge on any atom is -0.378 e. The highest BCUT2D eigenvalue weighted by Gasteiger charge is 2.02. The molecule has 0 fully saturated rings. The van der Waals surface area contributed by atoms with Crippen molar-refractivity contribution in [3.63, 3.8) is 0 Å². The van der Waals surface area contributed by atoms with Crippen molar-refractivity contribution in [1.82, 2.24) is 0 Å². The van der Waals surface area contributed by atoms with Gasteiger partial charge in [-0.05, 0) is 5.75 Å². The molecule has 0 rings (SSSR count). The molecule has 0 unspecified atom stereocenters. The topological polar surface area (TPSA) is 72.8 Å². The Labute approximate surface area is 95.3 Å². The molecule has 92 valence electrons. The highest BCUT2D eigenvalue weighted by atomic mass is 32.2. The summed E-state index contributed by atoms with van der Waals surface area (Å²) in [6.45, 7) is 3.58. The van der Waals surface area contributed by atoms with Gasteiger partial charge in [-0.3, -0.25) is 4.55 Å². The van der Waals surface area contributed by atoms with Gasteiger partial charge in [0, 0.05) is 5.75 Å². The zero-order chi connectivity index (χ0) is 11.6. The van der Waals surface area contributed by atoms with Crippen LogP contribution in [0.5, 0.6) is 0 Å². The van der Waals surface area contributed by atoms with Gasteiger partial charge in [0.15, 0.2) is 0 Å². The Kier molecular flexibility index (Phi) is 9.52. The summed E-state index contributed by atoms with van der Waals surface area (Å²) >= 11 is 1.80. The second kappa shape index (κ2) is 9.41. The van der Waals surface area contributed by atoms with Crippen LogP contribution >= 0.6 is 11.8 Å². The van der Waals surface area contributed by atoms with Crippen LogP contribution < -0.4 is 0 Å². The maximum Gasteiger partial charge on any atom is 0.267 e. The standard InChI is InChI=1S/C8H18O5S2/c1-2-14-7-5-12-3-4-13-6-8-15(9,10)11/h2-8H2,1H3,(H,9,10,11). The van der Waals surface area contributed by atoms with E-state index >= 15 is 0 Å². The Morgan fingerprint density at radius 2 is 1.73 bits per heavy atom. The Morgan fingerprint density at radius 1 is 1.13 bits per heavy atom. The maximum absolute atomic E-state index is 10.3. The van der Waals surface area contributed by atoms with Gasteiger partial charge in [-0.2, -0.15) is 20.2 Å². The van der Waals surface area contributed by atoms with E-state index in [2.05, 4.69) is 6.92 Å². The molecule has 0 heterocycles. The summed E-state index contributed by atoms with van der Waals surface area (Å²) in [5, 5.41) is 0. The number of ether oxygens (including phenoxy) is 2. The van der Waals surface area contributed by atoms with Crippen LogP contribution in [0.3, 0.4) is 0 Å². The van der Waals surface area contributed by atoms with Crippen molar-refractivity contribution in [2.75, 3.05) is 43.7 Å². The highest BCUT2D eigenvalue weighted by molar-refractivity contribution is 7.99. The van der Waals surface area contributed by atoms with Gasteiger partial charge >= 0.3 is 0 Å². The lowest BCUT2D eigenvalue weighted by atomic mass is 10.7. The molecule has 1 N–H and O–H groups in total. The molecule has 0 atom stereocenters. The van der Waals surface area contributed by atoms with Gasteiger partial charge in [-0.15, -0.1) is 0 Å². The van der Waals surface area contributed by atoms with Crippen molar-refractivity contribution in [1.29, 1.82) is 0 Å². The molecule has 0 aliphatic rings. The highest BCUT2D eigenvalue weighted by Crippen LogP contribution is 1.96. The number of thioether (sulfide) groups is 1. The van der Waals surface area contributed by atoms with E-state index in [-0.39, 0.29) is 12.4 Å². The van der Waals surface area contributed by atoms with Crippen molar-refractivity contribution in [3.8, 4) is 0 Å². The van der Waals surface area contributed by atoms with E-state index < -0.39 is 10.1 Å². The van der Waals surface area contributed by atoms with Gasteiger partial charge in [-0.1, -0.05) is 6.92 Å². The summed E-state index contributed by atoms with van der Waals surface area (Å²) in [7, 11) is -3.90. The van der Waals surface area contributed by atoms with Crippen LogP contribution in [0.25, 0.3) is 0 Å². The van der Waals surface area contributed by atoms with E-state index in [0.29, 0.717) is 19.8 Å². The lowest BCUT2D eigenvalue weighted by Gasteiger charge is -2.04. The van der Waals surface area contributed by atoms with Crippen LogP contribution in [0, 0.1) is 0 Å². The molecule has 7 heteroatoms. The van der Waals surface area contributed by atoms with Crippen molar-refractivity contribution >= 4 is 21.9 Å². The molecule has 0 aromatic rings. The molecular weight excluding hydrogens is 240 g/mol. The van der Waals surface area contributed by atoms with Crippen LogP contribution in [0.1, 0.15) is 6.92 Å². The molecule has 0 aromatic heterocycles. The lowest BCUT2D eigenvalue weighted by Crippen LogP contribution is -2.13. The average Bonchev–Trinajstić information content (AvgIpc) is 2.14. The Hall–Kier alpha value is 0.180. The van der Waals surface area contributed by atoms with Gasteiger partial charge in [0.25, 0.3) is 10.1 Å². The predicted molar refractivity (Wildman–Crippen MR) is 61.1 cm³/mol. The summed E-state index contributed by atoms with van der Waals surface area (Å²) in [6, 6.07) is 0. The second-order valence-electron chi connectivity index (χ2n) is 2.71. The van der Waals surface area contributed by atoms with Crippen molar-refractivity contribution < 1.29 is 22.4 Å². The molecule has 0 saturated heterocycles. The largest absolute Gasteiger partial charge is 0.378 e. The zero-order valence-corrected chi connectivity index (χ0v) is 10.5. The van der Waals surface area contributed by atoms with E-state index in [1.54, 1.807) is 11.8 Å². The van der Waals surface area contributed by atoms with Crippen LogP contribution in [0.2, 0.25) is 0 Å². The molecule has 0 amide bonds. The van der Waals surface area contributed by atoms with E-state index in [0.717, 1.165) is 11.5 Å². The average molecular weight is 258 g/mol. The van der Waals surface area contributed by atoms with E-state index in [1.165, 1.54) is 0 Å². The van der Waals surface area contributed by atoms with Crippen molar-refractivity contribution in [3.05, 3.63) is 0 Å². The molecule has 0 bridgehead atoms. The molecule has 0 radical (unpaired) electrons. The Balaban J connectivity index is 3.06. The molecule has 0 aromatic carbocycles. The minimum absolute atomic E-state index is 0.00586. The number of hydrogen-bond acceptors (Lipinski definition) is 5. The Morgan fingerprint density at radius 3 is 2.27 bits per heavy atom. The van der Waals surface area contributed by atoms with Gasteiger partial charge < -0.3 is 9.47 Å². The smallest absolute Gasteiger partial charge is 0.267 e. The molecule has 0 aliphatic heterocycles. The van der Waals surface area contributed by atoms with E-state index in [1.807, 2.05) is 0 Å². The third-order valence-electron chi connectivity index (χ3n) is 1.43. The fourth-order valence-electron chi connectivity index (χ4n) is 0.748. The monoisotopic (exact) mass is 258 g/mol. The van der Waals surface area contributed by atoms with Crippen LogP contribution in [0.15, 0.2) is 0 Å². The SMILES string of the molecule is CCSCCOCCOCCS(=O)(=O)O. The first-order chi connectivity index (χ1) is 7.06. The van der Waals surface area contributed by atoms with Gasteiger partial charge in [0.1, 0.15) is 0 Å². The first-order valence-corrected chi connectivity index (χ1v) is 7.51. The molecular formula is C8H18O5S2.